The Bertz CT molecular complexity index is 311. The van der Waals surface area contributed by atoms with E-state index in [9.17, 15) is 0 Å². The Morgan fingerprint density at radius 2 is 2.06 bits per heavy atom. The minimum Gasteiger partial charge on any atom is -0.373 e. The summed E-state index contributed by atoms with van der Waals surface area (Å²) < 4.78 is 0. The number of fused-ring (bicyclic) bond motifs is 1. The smallest absolute Gasteiger partial charge is 0.148 e. The molecule has 2 rings (SSSR count). The molecule has 1 fully saturated rings. The van der Waals surface area contributed by atoms with Crippen LogP contribution < -0.4 is 11.1 Å². The summed E-state index contributed by atoms with van der Waals surface area (Å²) in [4.78, 5) is 5.35. The molecule has 90 valence electrons. The molecular weight excluding hydrogens is 218 g/mol. The summed E-state index contributed by atoms with van der Waals surface area (Å²) in [5.41, 5.74) is 7.24. The molecule has 3 nitrogen and oxygen atoms in total. The molecule has 0 radical (unpaired) electrons. The predicted molar refractivity (Wildman–Crippen MR) is 71.7 cm³/mol. The standard InChI is InChI=1S/C12H21N3S/c1-7(2)10-8-5-3-4-6-9(8)14-12(16)11(13)15-10/h7-9,11H,3-6,13H2,1-2H3,(H,14,16). The van der Waals surface area contributed by atoms with Crippen LogP contribution in [0.5, 0.6) is 0 Å². The Hall–Kier alpha value is -0.480. The highest BCUT2D eigenvalue weighted by Crippen LogP contribution is 2.30. The number of nitrogens with zero attached hydrogens (tertiary/aromatic N) is 1. The van der Waals surface area contributed by atoms with Gasteiger partial charge in [-0.25, -0.2) is 0 Å². The topological polar surface area (TPSA) is 50.4 Å². The van der Waals surface area contributed by atoms with Crippen LogP contribution in [0.3, 0.4) is 0 Å². The quantitative estimate of drug-likeness (QED) is 0.687. The zero-order chi connectivity index (χ0) is 11.7. The maximum atomic E-state index is 5.97. The van der Waals surface area contributed by atoms with Crippen molar-refractivity contribution in [2.45, 2.75) is 51.7 Å². The maximum Gasteiger partial charge on any atom is 0.148 e. The number of nitrogens with one attached hydrogen (secondary N) is 1. The van der Waals surface area contributed by atoms with Gasteiger partial charge < -0.3 is 11.1 Å². The summed E-state index contributed by atoms with van der Waals surface area (Å²) >= 11 is 5.28. The normalized spacial score (nSPS) is 35.1. The lowest BCUT2D eigenvalue weighted by atomic mass is 9.78. The van der Waals surface area contributed by atoms with Crippen LogP contribution in [0.4, 0.5) is 0 Å². The largest absolute Gasteiger partial charge is 0.373 e. The van der Waals surface area contributed by atoms with Gasteiger partial charge in [-0.15, -0.1) is 0 Å². The van der Waals surface area contributed by atoms with E-state index in [1.807, 2.05) is 0 Å². The number of thiocarbonyl (C=S) groups is 1. The van der Waals surface area contributed by atoms with Gasteiger partial charge in [0.2, 0.25) is 0 Å². The Balaban J connectivity index is 2.29. The second kappa shape index (κ2) is 4.80. The van der Waals surface area contributed by atoms with Gasteiger partial charge in [0.25, 0.3) is 0 Å². The molecule has 3 unspecified atom stereocenters. The van der Waals surface area contributed by atoms with E-state index in [4.69, 9.17) is 18.0 Å². The molecule has 0 bridgehead atoms. The monoisotopic (exact) mass is 239 g/mol. The van der Waals surface area contributed by atoms with Gasteiger partial charge in [0.15, 0.2) is 0 Å². The van der Waals surface area contributed by atoms with E-state index >= 15 is 0 Å². The van der Waals surface area contributed by atoms with Crippen molar-refractivity contribution >= 4 is 22.9 Å². The van der Waals surface area contributed by atoms with Crippen LogP contribution in [-0.2, 0) is 0 Å². The SMILES string of the molecule is CC(C)C1=NC(N)C(=S)NC2CCCCC12. The molecule has 0 aromatic heterocycles. The number of nitrogens with two attached hydrogens (primary N) is 1. The fraction of sp³-hybridized carbons (Fsp3) is 0.833. The summed E-state index contributed by atoms with van der Waals surface area (Å²) in [5, 5.41) is 3.41. The maximum absolute atomic E-state index is 5.97. The van der Waals surface area contributed by atoms with Gasteiger partial charge in [0.1, 0.15) is 11.2 Å². The predicted octanol–water partition coefficient (Wildman–Crippen LogP) is 1.86. The van der Waals surface area contributed by atoms with E-state index in [1.54, 1.807) is 0 Å². The second-order valence-electron chi connectivity index (χ2n) is 5.16. The summed E-state index contributed by atoms with van der Waals surface area (Å²) in [7, 11) is 0. The van der Waals surface area contributed by atoms with E-state index in [-0.39, 0.29) is 6.17 Å². The molecule has 0 spiro atoms. The van der Waals surface area contributed by atoms with Gasteiger partial charge in [-0.1, -0.05) is 38.9 Å². The fourth-order valence-corrected chi connectivity index (χ4v) is 3.02. The molecular formula is C12H21N3S. The summed E-state index contributed by atoms with van der Waals surface area (Å²) in [6.07, 6.45) is 4.68. The molecule has 1 aliphatic carbocycles. The van der Waals surface area contributed by atoms with Gasteiger partial charge in [0, 0.05) is 17.7 Å². The lowest BCUT2D eigenvalue weighted by Crippen LogP contribution is -2.46. The van der Waals surface area contributed by atoms with Crippen LogP contribution in [0.15, 0.2) is 4.99 Å². The van der Waals surface area contributed by atoms with Crippen LogP contribution in [0.25, 0.3) is 0 Å². The highest BCUT2D eigenvalue weighted by atomic mass is 32.1. The highest BCUT2D eigenvalue weighted by molar-refractivity contribution is 7.80. The van der Waals surface area contributed by atoms with E-state index < -0.39 is 0 Å². The lowest BCUT2D eigenvalue weighted by Gasteiger charge is -2.33. The van der Waals surface area contributed by atoms with Gasteiger partial charge in [-0.3, -0.25) is 4.99 Å². The number of hydrogen-bond donors (Lipinski definition) is 2. The second-order valence-corrected chi connectivity index (χ2v) is 5.60. The molecule has 1 heterocycles. The molecule has 0 amide bonds. The van der Waals surface area contributed by atoms with Crippen molar-refractivity contribution in [3.63, 3.8) is 0 Å². The average molecular weight is 239 g/mol. The van der Waals surface area contributed by atoms with Gasteiger partial charge >= 0.3 is 0 Å². The molecule has 0 aromatic carbocycles. The van der Waals surface area contributed by atoms with E-state index in [2.05, 4.69) is 24.2 Å². The van der Waals surface area contributed by atoms with Crippen molar-refractivity contribution in [2.75, 3.05) is 0 Å². The molecule has 3 N–H and O–H groups in total. The number of aliphatic imine (C=N–C) groups is 1. The molecule has 1 aliphatic heterocycles. The number of hydrogen-bond acceptors (Lipinski definition) is 3. The van der Waals surface area contributed by atoms with Gasteiger partial charge in [-0.2, -0.15) is 0 Å². The van der Waals surface area contributed by atoms with Gasteiger partial charge in [-0.05, 0) is 18.8 Å². The number of rotatable bonds is 1. The molecule has 4 heteroatoms. The van der Waals surface area contributed by atoms with Crippen LogP contribution >= 0.6 is 12.2 Å². The first kappa shape index (κ1) is 12.0. The Labute approximate surface area is 103 Å². The summed E-state index contributed by atoms with van der Waals surface area (Å²) in [6.45, 7) is 4.40. The van der Waals surface area contributed by atoms with Crippen LogP contribution in [0.2, 0.25) is 0 Å². The van der Waals surface area contributed by atoms with Crippen LogP contribution in [-0.4, -0.2) is 22.9 Å². The van der Waals surface area contributed by atoms with Crippen LogP contribution in [0.1, 0.15) is 39.5 Å². The molecule has 16 heavy (non-hydrogen) atoms. The zero-order valence-corrected chi connectivity index (χ0v) is 10.9. The molecule has 3 atom stereocenters. The average Bonchev–Trinajstić information content (AvgIpc) is 2.37. The minimum atomic E-state index is -0.335. The first-order chi connectivity index (χ1) is 7.59. The summed E-state index contributed by atoms with van der Waals surface area (Å²) in [5.74, 6) is 1.01. The van der Waals surface area contributed by atoms with Gasteiger partial charge in [0.05, 0.1) is 0 Å². The van der Waals surface area contributed by atoms with Crippen molar-refractivity contribution < 1.29 is 0 Å². The Morgan fingerprint density at radius 1 is 1.38 bits per heavy atom. The fourth-order valence-electron chi connectivity index (χ4n) is 2.82. The van der Waals surface area contributed by atoms with Crippen molar-refractivity contribution in [1.29, 1.82) is 0 Å². The Kier molecular flexibility index (Phi) is 3.60. The third-order valence-electron chi connectivity index (χ3n) is 3.62. The van der Waals surface area contributed by atoms with Crippen molar-refractivity contribution in [2.24, 2.45) is 22.6 Å². The lowest BCUT2D eigenvalue weighted by molar-refractivity contribution is 0.352. The molecule has 0 saturated heterocycles. The minimum absolute atomic E-state index is 0.335. The molecule has 2 aliphatic rings. The van der Waals surface area contributed by atoms with Crippen molar-refractivity contribution in [3.05, 3.63) is 0 Å². The highest BCUT2D eigenvalue weighted by Gasteiger charge is 2.34. The van der Waals surface area contributed by atoms with E-state index in [1.165, 1.54) is 31.4 Å². The van der Waals surface area contributed by atoms with Crippen molar-refractivity contribution in [3.8, 4) is 0 Å². The van der Waals surface area contributed by atoms with Crippen molar-refractivity contribution in [1.82, 2.24) is 5.32 Å². The third kappa shape index (κ3) is 2.28. The first-order valence-electron chi connectivity index (χ1n) is 6.23. The first-order valence-corrected chi connectivity index (χ1v) is 6.64. The molecule has 0 aromatic rings. The van der Waals surface area contributed by atoms with E-state index in [0.29, 0.717) is 22.9 Å². The summed E-state index contributed by atoms with van der Waals surface area (Å²) in [6, 6.07) is 0.468. The van der Waals surface area contributed by atoms with E-state index in [0.717, 1.165) is 0 Å². The molecule has 1 saturated carbocycles. The Morgan fingerprint density at radius 3 is 2.75 bits per heavy atom. The third-order valence-corrected chi connectivity index (χ3v) is 3.98. The van der Waals surface area contributed by atoms with Crippen LogP contribution in [0, 0.1) is 11.8 Å². The zero-order valence-electron chi connectivity index (χ0n) is 10.1.